The highest BCUT2D eigenvalue weighted by Gasteiger charge is 2.18. The number of hydrogen-bond donors (Lipinski definition) is 2. The Labute approximate surface area is 174 Å². The first kappa shape index (κ1) is 18.9. The standard InChI is InChI=1S/C18H15ClN4O3S2/c1-10-3-2-4-11(5-10)20-17-22-23-18(28-17)27-8-16(24)21-13-7-15-14(6-12(13)19)25-9-26-15/h2-7H,8-9H2,1H3,(H,20,22)(H,21,24). The Kier molecular flexibility index (Phi) is 5.56. The Morgan fingerprint density at radius 1 is 1.25 bits per heavy atom. The fourth-order valence-corrected chi connectivity index (χ4v) is 4.26. The number of nitrogens with one attached hydrogen (secondary N) is 2. The van der Waals surface area contributed by atoms with Gasteiger partial charge in [-0.1, -0.05) is 46.8 Å². The molecule has 7 nitrogen and oxygen atoms in total. The Bertz CT molecular complexity index is 1030. The molecular weight excluding hydrogens is 420 g/mol. The lowest BCUT2D eigenvalue weighted by atomic mass is 10.2. The van der Waals surface area contributed by atoms with Crippen molar-refractivity contribution in [3.8, 4) is 11.5 Å². The highest BCUT2D eigenvalue weighted by molar-refractivity contribution is 8.01. The van der Waals surface area contributed by atoms with Crippen LogP contribution in [0, 0.1) is 6.92 Å². The molecule has 2 aromatic carbocycles. The number of benzene rings is 2. The minimum atomic E-state index is -0.200. The van der Waals surface area contributed by atoms with E-state index in [1.807, 2.05) is 31.2 Å². The molecule has 2 heterocycles. The topological polar surface area (TPSA) is 85.4 Å². The number of anilines is 3. The Balaban J connectivity index is 1.32. The summed E-state index contributed by atoms with van der Waals surface area (Å²) in [6.45, 7) is 2.17. The summed E-state index contributed by atoms with van der Waals surface area (Å²) in [5.41, 5.74) is 2.58. The second-order valence-electron chi connectivity index (χ2n) is 5.89. The zero-order valence-electron chi connectivity index (χ0n) is 14.7. The van der Waals surface area contributed by atoms with Gasteiger partial charge in [0.2, 0.25) is 17.8 Å². The molecule has 1 aromatic heterocycles. The van der Waals surface area contributed by atoms with Crippen LogP contribution in [0.5, 0.6) is 11.5 Å². The van der Waals surface area contributed by atoms with E-state index in [1.54, 1.807) is 12.1 Å². The lowest BCUT2D eigenvalue weighted by Crippen LogP contribution is -2.14. The fourth-order valence-electron chi connectivity index (χ4n) is 2.49. The van der Waals surface area contributed by atoms with Gasteiger partial charge < -0.3 is 20.1 Å². The van der Waals surface area contributed by atoms with E-state index >= 15 is 0 Å². The van der Waals surface area contributed by atoms with Crippen molar-refractivity contribution in [1.82, 2.24) is 10.2 Å². The molecule has 1 aliphatic rings. The molecule has 0 aliphatic carbocycles. The monoisotopic (exact) mass is 434 g/mol. The van der Waals surface area contributed by atoms with Gasteiger partial charge in [0.15, 0.2) is 15.8 Å². The number of nitrogens with zero attached hydrogens (tertiary/aromatic N) is 2. The number of thioether (sulfide) groups is 1. The Hall–Kier alpha value is -2.49. The third-order valence-corrected chi connectivity index (χ3v) is 6.02. The highest BCUT2D eigenvalue weighted by Crippen LogP contribution is 2.39. The molecule has 144 valence electrons. The molecule has 0 radical (unpaired) electrons. The molecule has 4 rings (SSSR count). The summed E-state index contributed by atoms with van der Waals surface area (Å²) < 4.78 is 11.3. The van der Waals surface area contributed by atoms with Crippen molar-refractivity contribution in [3.63, 3.8) is 0 Å². The van der Waals surface area contributed by atoms with E-state index in [0.29, 0.717) is 31.7 Å². The number of aryl methyl sites for hydroxylation is 1. The minimum absolute atomic E-state index is 0.148. The van der Waals surface area contributed by atoms with Gasteiger partial charge in [0.1, 0.15) is 0 Å². The molecule has 0 saturated carbocycles. The molecule has 0 unspecified atom stereocenters. The van der Waals surface area contributed by atoms with E-state index in [0.717, 1.165) is 11.3 Å². The third kappa shape index (κ3) is 4.49. The summed E-state index contributed by atoms with van der Waals surface area (Å²) in [7, 11) is 0. The zero-order chi connectivity index (χ0) is 19.5. The van der Waals surface area contributed by atoms with Crippen LogP contribution in [0.4, 0.5) is 16.5 Å². The van der Waals surface area contributed by atoms with Crippen LogP contribution in [0.2, 0.25) is 5.02 Å². The van der Waals surface area contributed by atoms with Gasteiger partial charge in [-0.05, 0) is 24.6 Å². The SMILES string of the molecule is Cc1cccc(Nc2nnc(SCC(=O)Nc3cc4c(cc3Cl)OCO4)s2)c1. The maximum absolute atomic E-state index is 12.3. The van der Waals surface area contributed by atoms with Crippen molar-refractivity contribution < 1.29 is 14.3 Å². The molecule has 0 bridgehead atoms. The van der Waals surface area contributed by atoms with E-state index < -0.39 is 0 Å². The van der Waals surface area contributed by atoms with Crippen molar-refractivity contribution in [2.45, 2.75) is 11.3 Å². The van der Waals surface area contributed by atoms with E-state index in [9.17, 15) is 4.79 Å². The maximum Gasteiger partial charge on any atom is 0.234 e. The van der Waals surface area contributed by atoms with Gasteiger partial charge >= 0.3 is 0 Å². The number of carbonyl (C=O) groups is 1. The first-order chi connectivity index (χ1) is 13.6. The van der Waals surface area contributed by atoms with Gasteiger partial charge in [-0.25, -0.2) is 0 Å². The van der Waals surface area contributed by atoms with Crippen molar-refractivity contribution in [1.29, 1.82) is 0 Å². The minimum Gasteiger partial charge on any atom is -0.454 e. The van der Waals surface area contributed by atoms with Gasteiger partial charge in [-0.15, -0.1) is 10.2 Å². The molecule has 10 heteroatoms. The molecule has 1 amide bonds. The predicted octanol–water partition coefficient (Wildman–Crippen LogP) is 4.70. The highest BCUT2D eigenvalue weighted by atomic mass is 35.5. The summed E-state index contributed by atoms with van der Waals surface area (Å²) in [4.78, 5) is 12.3. The number of rotatable bonds is 6. The Morgan fingerprint density at radius 2 is 2.07 bits per heavy atom. The third-order valence-electron chi connectivity index (χ3n) is 3.74. The first-order valence-electron chi connectivity index (χ1n) is 8.26. The fraction of sp³-hybridized carbons (Fsp3) is 0.167. The van der Waals surface area contributed by atoms with Crippen LogP contribution in [0.25, 0.3) is 0 Å². The normalized spacial score (nSPS) is 12.1. The number of carbonyl (C=O) groups excluding carboxylic acids is 1. The van der Waals surface area contributed by atoms with Gasteiger partial charge in [-0.3, -0.25) is 4.79 Å². The average molecular weight is 435 g/mol. The molecule has 0 fully saturated rings. The van der Waals surface area contributed by atoms with Gasteiger partial charge in [0, 0.05) is 17.8 Å². The summed E-state index contributed by atoms with van der Waals surface area (Å²) in [6, 6.07) is 11.3. The summed E-state index contributed by atoms with van der Waals surface area (Å²) in [6.07, 6.45) is 0. The maximum atomic E-state index is 12.3. The van der Waals surface area contributed by atoms with Crippen LogP contribution in [-0.2, 0) is 4.79 Å². The molecule has 0 atom stereocenters. The number of ether oxygens (including phenoxy) is 2. The van der Waals surface area contributed by atoms with Crippen LogP contribution >= 0.6 is 34.7 Å². The van der Waals surface area contributed by atoms with Gasteiger partial charge in [-0.2, -0.15) is 0 Å². The number of amides is 1. The van der Waals surface area contributed by atoms with Crippen LogP contribution in [0.3, 0.4) is 0 Å². The molecule has 28 heavy (non-hydrogen) atoms. The number of fused-ring (bicyclic) bond motifs is 1. The van der Waals surface area contributed by atoms with Gasteiger partial charge in [0.05, 0.1) is 16.5 Å². The summed E-state index contributed by atoms with van der Waals surface area (Å²) >= 11 is 8.87. The van der Waals surface area contributed by atoms with Crippen LogP contribution in [0.1, 0.15) is 5.56 Å². The first-order valence-corrected chi connectivity index (χ1v) is 10.4. The zero-order valence-corrected chi connectivity index (χ0v) is 17.1. The molecule has 0 saturated heterocycles. The van der Waals surface area contributed by atoms with Crippen molar-refractivity contribution in [2.75, 3.05) is 23.2 Å². The molecular formula is C18H15ClN4O3S2. The molecule has 2 N–H and O–H groups in total. The average Bonchev–Trinajstić information content (AvgIpc) is 3.29. The number of hydrogen-bond acceptors (Lipinski definition) is 8. The summed E-state index contributed by atoms with van der Waals surface area (Å²) in [5.74, 6) is 1.11. The van der Waals surface area contributed by atoms with E-state index in [1.165, 1.54) is 23.1 Å². The Morgan fingerprint density at radius 3 is 2.89 bits per heavy atom. The number of halogens is 1. The quantitative estimate of drug-likeness (QED) is 0.543. The van der Waals surface area contributed by atoms with Crippen LogP contribution < -0.4 is 20.1 Å². The van der Waals surface area contributed by atoms with Crippen molar-refractivity contribution >= 4 is 57.1 Å². The second-order valence-corrected chi connectivity index (χ2v) is 8.50. The molecule has 0 spiro atoms. The van der Waals surface area contributed by atoms with Crippen molar-refractivity contribution in [3.05, 3.63) is 47.0 Å². The van der Waals surface area contributed by atoms with E-state index in [2.05, 4.69) is 20.8 Å². The number of aromatic nitrogens is 2. The van der Waals surface area contributed by atoms with E-state index in [-0.39, 0.29) is 18.5 Å². The van der Waals surface area contributed by atoms with Gasteiger partial charge in [0.25, 0.3) is 0 Å². The lowest BCUT2D eigenvalue weighted by molar-refractivity contribution is -0.113. The van der Waals surface area contributed by atoms with E-state index in [4.69, 9.17) is 21.1 Å². The lowest BCUT2D eigenvalue weighted by Gasteiger charge is -2.07. The summed E-state index contributed by atoms with van der Waals surface area (Å²) in [5, 5.41) is 15.3. The van der Waals surface area contributed by atoms with Crippen LogP contribution in [0.15, 0.2) is 40.7 Å². The molecule has 3 aromatic rings. The molecule has 1 aliphatic heterocycles. The predicted molar refractivity (Wildman–Crippen MR) is 111 cm³/mol. The smallest absolute Gasteiger partial charge is 0.234 e. The van der Waals surface area contributed by atoms with Crippen molar-refractivity contribution in [2.24, 2.45) is 0 Å². The second kappa shape index (κ2) is 8.26. The largest absolute Gasteiger partial charge is 0.454 e. The van der Waals surface area contributed by atoms with Crippen LogP contribution in [-0.4, -0.2) is 28.7 Å².